The van der Waals surface area contributed by atoms with Crippen molar-refractivity contribution in [2.24, 2.45) is 0 Å². The Balaban J connectivity index is 1.78. The van der Waals surface area contributed by atoms with Crippen LogP contribution in [0.1, 0.15) is 23.7 Å². The van der Waals surface area contributed by atoms with Crippen LogP contribution in [0.4, 0.5) is 0 Å². The van der Waals surface area contributed by atoms with E-state index in [0.717, 1.165) is 0 Å². The normalized spacial score (nSPS) is 19.8. The summed E-state index contributed by atoms with van der Waals surface area (Å²) in [6.07, 6.45) is -0.378. The molecule has 1 aromatic rings. The first-order chi connectivity index (χ1) is 10.4. The first-order valence-corrected chi connectivity index (χ1v) is 6.69. The molecule has 1 aliphatic heterocycles. The smallest absolute Gasteiger partial charge is 0.332 e. The maximum atomic E-state index is 11.8. The van der Waals surface area contributed by atoms with E-state index in [2.05, 4.69) is 10.6 Å². The molecule has 0 bridgehead atoms. The molecular formula is C14H16N2O6. The van der Waals surface area contributed by atoms with Crippen LogP contribution in [0.2, 0.25) is 0 Å². The lowest BCUT2D eigenvalue weighted by Crippen LogP contribution is -2.58. The molecule has 0 aliphatic carbocycles. The minimum Gasteiger partial charge on any atom is -0.504 e. The highest BCUT2D eigenvalue weighted by molar-refractivity contribution is 5.97. The van der Waals surface area contributed by atoms with E-state index < -0.39 is 35.3 Å². The van der Waals surface area contributed by atoms with E-state index in [4.69, 9.17) is 4.74 Å². The number of phenolic OH excluding ortho intramolecular Hbond substituents is 2. The van der Waals surface area contributed by atoms with Gasteiger partial charge in [0.1, 0.15) is 6.10 Å². The highest BCUT2D eigenvalue weighted by Gasteiger charge is 2.39. The van der Waals surface area contributed by atoms with Crippen molar-refractivity contribution in [1.29, 1.82) is 0 Å². The molecule has 22 heavy (non-hydrogen) atoms. The molecule has 8 heteroatoms. The standard InChI is InChI=1S/C14H16N2O6/c1-7-11(14(21)22-7)16-10(18)5-6-15-13(20)8-3-2-4-9(17)12(8)19/h2-4,7,11,17,19H,5-6H2,1H3,(H,15,20)(H,16,18)/t7-,11+/m1/s1. The number of rotatable bonds is 5. The number of carbonyl (C=O) groups excluding carboxylic acids is 3. The topological polar surface area (TPSA) is 125 Å². The van der Waals surface area contributed by atoms with Crippen LogP contribution in [-0.4, -0.2) is 46.7 Å². The van der Waals surface area contributed by atoms with Gasteiger partial charge >= 0.3 is 5.97 Å². The molecule has 0 unspecified atom stereocenters. The van der Waals surface area contributed by atoms with E-state index in [9.17, 15) is 24.6 Å². The molecule has 0 spiro atoms. The van der Waals surface area contributed by atoms with Crippen LogP contribution in [0.5, 0.6) is 11.5 Å². The third kappa shape index (κ3) is 3.27. The monoisotopic (exact) mass is 308 g/mol. The molecule has 118 valence electrons. The fraction of sp³-hybridized carbons (Fsp3) is 0.357. The first-order valence-electron chi connectivity index (χ1n) is 6.69. The predicted molar refractivity (Wildman–Crippen MR) is 74.2 cm³/mol. The van der Waals surface area contributed by atoms with Gasteiger partial charge in [-0.1, -0.05) is 6.07 Å². The van der Waals surface area contributed by atoms with E-state index >= 15 is 0 Å². The Morgan fingerprint density at radius 3 is 2.68 bits per heavy atom. The molecule has 0 aromatic heterocycles. The van der Waals surface area contributed by atoms with Crippen molar-refractivity contribution in [3.8, 4) is 11.5 Å². The fourth-order valence-corrected chi connectivity index (χ4v) is 1.97. The molecule has 1 saturated heterocycles. The van der Waals surface area contributed by atoms with Crippen LogP contribution in [0.15, 0.2) is 18.2 Å². The zero-order valence-electron chi connectivity index (χ0n) is 11.8. The van der Waals surface area contributed by atoms with Crippen LogP contribution in [0.25, 0.3) is 0 Å². The summed E-state index contributed by atoms with van der Waals surface area (Å²) in [5.41, 5.74) is -0.0865. The number of phenols is 2. The van der Waals surface area contributed by atoms with Crippen molar-refractivity contribution < 1.29 is 29.3 Å². The maximum Gasteiger partial charge on any atom is 0.332 e. The number of aromatic hydroxyl groups is 2. The van der Waals surface area contributed by atoms with Gasteiger partial charge in [-0.25, -0.2) is 4.79 Å². The molecule has 2 amide bonds. The minimum absolute atomic E-state index is 0.0237. The number of nitrogens with one attached hydrogen (secondary N) is 2. The molecule has 2 atom stereocenters. The van der Waals surface area contributed by atoms with Gasteiger partial charge in [-0.15, -0.1) is 0 Å². The second kappa shape index (κ2) is 6.33. The average Bonchev–Trinajstić information content (AvgIpc) is 2.48. The van der Waals surface area contributed by atoms with Gasteiger partial charge in [-0.2, -0.15) is 0 Å². The fourth-order valence-electron chi connectivity index (χ4n) is 1.97. The maximum absolute atomic E-state index is 11.8. The number of para-hydroxylation sites is 1. The van der Waals surface area contributed by atoms with Gasteiger partial charge in [-0.05, 0) is 19.1 Å². The number of hydrogen-bond donors (Lipinski definition) is 4. The van der Waals surface area contributed by atoms with Gasteiger partial charge in [0.25, 0.3) is 5.91 Å². The van der Waals surface area contributed by atoms with E-state index in [1.807, 2.05) is 0 Å². The Morgan fingerprint density at radius 2 is 2.05 bits per heavy atom. The van der Waals surface area contributed by atoms with Crippen molar-refractivity contribution in [3.05, 3.63) is 23.8 Å². The summed E-state index contributed by atoms with van der Waals surface area (Å²) >= 11 is 0. The van der Waals surface area contributed by atoms with Gasteiger partial charge in [-0.3, -0.25) is 9.59 Å². The number of carbonyl (C=O) groups is 3. The van der Waals surface area contributed by atoms with Crippen molar-refractivity contribution in [3.63, 3.8) is 0 Å². The van der Waals surface area contributed by atoms with Crippen molar-refractivity contribution in [2.45, 2.75) is 25.5 Å². The molecule has 1 aromatic carbocycles. The molecular weight excluding hydrogens is 292 g/mol. The molecule has 0 radical (unpaired) electrons. The lowest BCUT2D eigenvalue weighted by atomic mass is 10.1. The third-order valence-electron chi connectivity index (χ3n) is 3.24. The number of hydrogen-bond acceptors (Lipinski definition) is 6. The van der Waals surface area contributed by atoms with E-state index in [1.165, 1.54) is 18.2 Å². The molecule has 1 fully saturated rings. The van der Waals surface area contributed by atoms with Crippen LogP contribution in [0.3, 0.4) is 0 Å². The molecule has 4 N–H and O–H groups in total. The van der Waals surface area contributed by atoms with Crippen LogP contribution in [-0.2, 0) is 14.3 Å². The number of ether oxygens (including phenoxy) is 1. The van der Waals surface area contributed by atoms with Crippen molar-refractivity contribution in [1.82, 2.24) is 10.6 Å². The van der Waals surface area contributed by atoms with Gasteiger partial charge in [0, 0.05) is 13.0 Å². The highest BCUT2D eigenvalue weighted by Crippen LogP contribution is 2.27. The Bertz CT molecular complexity index is 615. The van der Waals surface area contributed by atoms with Gasteiger partial charge in [0.15, 0.2) is 17.5 Å². The third-order valence-corrected chi connectivity index (χ3v) is 3.24. The second-order valence-corrected chi connectivity index (χ2v) is 4.87. The Labute approximate surface area is 126 Å². The zero-order chi connectivity index (χ0) is 16.3. The quantitative estimate of drug-likeness (QED) is 0.435. The Kier molecular flexibility index (Phi) is 4.50. The van der Waals surface area contributed by atoms with Crippen molar-refractivity contribution >= 4 is 17.8 Å². The molecule has 1 heterocycles. The van der Waals surface area contributed by atoms with Crippen LogP contribution in [0, 0.1) is 0 Å². The number of cyclic esters (lactones) is 1. The summed E-state index contributed by atoms with van der Waals surface area (Å²) < 4.78 is 4.70. The molecule has 8 nitrogen and oxygen atoms in total. The van der Waals surface area contributed by atoms with Crippen molar-refractivity contribution in [2.75, 3.05) is 6.54 Å². The van der Waals surface area contributed by atoms with Crippen LogP contribution < -0.4 is 10.6 Å². The van der Waals surface area contributed by atoms with E-state index in [1.54, 1.807) is 6.92 Å². The lowest BCUT2D eigenvalue weighted by molar-refractivity contribution is -0.176. The summed E-state index contributed by atoms with van der Waals surface area (Å²) in [5, 5.41) is 23.8. The second-order valence-electron chi connectivity index (χ2n) is 4.87. The predicted octanol–water partition coefficient (Wildman–Crippen LogP) is -0.352. The molecule has 1 aliphatic rings. The summed E-state index contributed by atoms with van der Waals surface area (Å²) in [4.78, 5) is 34.5. The van der Waals surface area contributed by atoms with Gasteiger partial charge in [0.2, 0.25) is 5.91 Å². The molecule has 2 rings (SSSR count). The Hall–Kier alpha value is -2.77. The zero-order valence-corrected chi connectivity index (χ0v) is 11.8. The van der Waals surface area contributed by atoms with E-state index in [-0.39, 0.29) is 24.6 Å². The molecule has 0 saturated carbocycles. The summed E-state index contributed by atoms with van der Waals surface area (Å²) in [6, 6.07) is 3.37. The summed E-state index contributed by atoms with van der Waals surface area (Å²) in [6.45, 7) is 1.69. The highest BCUT2D eigenvalue weighted by atomic mass is 16.6. The minimum atomic E-state index is -0.640. The SMILES string of the molecule is C[C@H]1OC(=O)[C@H]1NC(=O)CCNC(=O)c1cccc(O)c1O. The number of esters is 1. The Morgan fingerprint density at radius 1 is 1.32 bits per heavy atom. The van der Waals surface area contributed by atoms with E-state index in [0.29, 0.717) is 0 Å². The summed E-state index contributed by atoms with van der Waals surface area (Å²) in [7, 11) is 0. The lowest BCUT2D eigenvalue weighted by Gasteiger charge is -2.32. The van der Waals surface area contributed by atoms with Gasteiger partial charge in [0.05, 0.1) is 5.56 Å². The number of amides is 2. The van der Waals surface area contributed by atoms with Gasteiger partial charge < -0.3 is 25.6 Å². The first kappa shape index (κ1) is 15.6. The number of benzene rings is 1. The average molecular weight is 308 g/mol. The van der Waals surface area contributed by atoms with Crippen LogP contribution >= 0.6 is 0 Å². The largest absolute Gasteiger partial charge is 0.504 e. The summed E-state index contributed by atoms with van der Waals surface area (Å²) in [5.74, 6) is -2.40.